The number of fused-ring (bicyclic) bond motifs is 1. The molecule has 2 amide bonds. The monoisotopic (exact) mass is 469 g/mol. The summed E-state index contributed by atoms with van der Waals surface area (Å²) in [5.74, 6) is -0.751. The smallest absolute Gasteiger partial charge is 0.244 e. The second-order valence-electron chi connectivity index (χ2n) is 8.38. The van der Waals surface area contributed by atoms with Crippen molar-refractivity contribution in [3.63, 3.8) is 0 Å². The zero-order chi connectivity index (χ0) is 24.4. The van der Waals surface area contributed by atoms with Gasteiger partial charge in [0.25, 0.3) is 0 Å². The van der Waals surface area contributed by atoms with Crippen LogP contribution in [-0.4, -0.2) is 34.2 Å². The van der Waals surface area contributed by atoms with Crippen LogP contribution in [0.3, 0.4) is 0 Å². The summed E-state index contributed by atoms with van der Waals surface area (Å²) in [4.78, 5) is 26.9. The number of benzene rings is 3. The van der Waals surface area contributed by atoms with E-state index in [1.54, 1.807) is 29.8 Å². The Kier molecular flexibility index (Phi) is 6.12. The molecule has 1 aliphatic heterocycles. The fourth-order valence-corrected chi connectivity index (χ4v) is 4.12. The SMILES string of the molecule is C[C@@H](NCc1cn(-c2ccccc2)nc1-c1ccc(F)cc1)C(=O)N1CC(=O)Nc2ccccc21. The van der Waals surface area contributed by atoms with E-state index in [4.69, 9.17) is 5.10 Å². The number of aromatic nitrogens is 2. The van der Waals surface area contributed by atoms with Crippen molar-refractivity contribution in [3.8, 4) is 16.9 Å². The van der Waals surface area contributed by atoms with Gasteiger partial charge < -0.3 is 10.6 Å². The first-order valence-electron chi connectivity index (χ1n) is 11.3. The Morgan fingerprint density at radius 2 is 1.77 bits per heavy atom. The van der Waals surface area contributed by atoms with Gasteiger partial charge in [-0.05, 0) is 55.5 Å². The van der Waals surface area contributed by atoms with Crippen molar-refractivity contribution < 1.29 is 14.0 Å². The molecule has 0 saturated heterocycles. The number of para-hydroxylation sites is 3. The van der Waals surface area contributed by atoms with Crippen molar-refractivity contribution in [1.82, 2.24) is 15.1 Å². The molecule has 176 valence electrons. The van der Waals surface area contributed by atoms with E-state index < -0.39 is 6.04 Å². The van der Waals surface area contributed by atoms with Gasteiger partial charge in [0, 0.05) is 23.9 Å². The Morgan fingerprint density at radius 1 is 1.06 bits per heavy atom. The van der Waals surface area contributed by atoms with Crippen LogP contribution in [0.1, 0.15) is 12.5 Å². The van der Waals surface area contributed by atoms with Gasteiger partial charge in [0.2, 0.25) is 11.8 Å². The van der Waals surface area contributed by atoms with Gasteiger partial charge in [-0.3, -0.25) is 14.5 Å². The fraction of sp³-hybridized carbons (Fsp3) is 0.148. The Balaban J connectivity index is 1.39. The number of amides is 2. The molecular formula is C27H24FN5O2. The number of nitrogens with zero attached hydrogens (tertiary/aromatic N) is 3. The standard InChI is InChI=1S/C27H24FN5O2/c1-18(27(35)32-17-25(34)30-23-9-5-6-10-24(23)32)29-15-20-16-33(22-7-3-2-4-8-22)31-26(20)19-11-13-21(28)14-12-19/h2-14,16,18,29H,15,17H2,1H3,(H,30,34)/t18-/m1/s1. The summed E-state index contributed by atoms with van der Waals surface area (Å²) in [6.07, 6.45) is 1.90. The zero-order valence-corrected chi connectivity index (χ0v) is 19.1. The highest BCUT2D eigenvalue weighted by atomic mass is 19.1. The molecule has 0 saturated carbocycles. The molecule has 0 radical (unpaired) electrons. The van der Waals surface area contributed by atoms with Gasteiger partial charge in [-0.1, -0.05) is 30.3 Å². The lowest BCUT2D eigenvalue weighted by molar-refractivity contribution is -0.123. The molecule has 0 fully saturated rings. The third-order valence-corrected chi connectivity index (χ3v) is 5.93. The van der Waals surface area contributed by atoms with Crippen LogP contribution >= 0.6 is 0 Å². The molecular weight excluding hydrogens is 445 g/mol. The first kappa shape index (κ1) is 22.5. The summed E-state index contributed by atoms with van der Waals surface area (Å²) < 4.78 is 15.3. The highest BCUT2D eigenvalue weighted by Crippen LogP contribution is 2.29. The minimum atomic E-state index is -0.560. The molecule has 3 aromatic carbocycles. The second kappa shape index (κ2) is 9.52. The van der Waals surface area contributed by atoms with E-state index >= 15 is 0 Å². The van der Waals surface area contributed by atoms with E-state index in [0.717, 1.165) is 16.8 Å². The van der Waals surface area contributed by atoms with Gasteiger partial charge in [0.15, 0.2) is 0 Å². The highest BCUT2D eigenvalue weighted by molar-refractivity contribution is 6.11. The number of hydrogen-bond donors (Lipinski definition) is 2. The molecule has 1 aliphatic rings. The van der Waals surface area contributed by atoms with Crippen LogP contribution in [-0.2, 0) is 16.1 Å². The number of carbonyl (C=O) groups is 2. The van der Waals surface area contributed by atoms with E-state index in [0.29, 0.717) is 23.6 Å². The zero-order valence-electron chi connectivity index (χ0n) is 19.1. The minimum Gasteiger partial charge on any atom is -0.323 e. The molecule has 4 aromatic rings. The summed E-state index contributed by atoms with van der Waals surface area (Å²) in [5.41, 5.74) is 4.52. The number of carbonyl (C=O) groups excluding carboxylic acids is 2. The van der Waals surface area contributed by atoms with Crippen molar-refractivity contribution in [3.05, 3.63) is 96.4 Å². The van der Waals surface area contributed by atoms with Gasteiger partial charge in [0.05, 0.1) is 28.8 Å². The van der Waals surface area contributed by atoms with Crippen LogP contribution < -0.4 is 15.5 Å². The molecule has 0 bridgehead atoms. The van der Waals surface area contributed by atoms with Crippen LogP contribution in [0.5, 0.6) is 0 Å². The van der Waals surface area contributed by atoms with Crippen molar-refractivity contribution in [2.24, 2.45) is 0 Å². The number of rotatable bonds is 6. The molecule has 0 unspecified atom stereocenters. The van der Waals surface area contributed by atoms with Gasteiger partial charge >= 0.3 is 0 Å². The molecule has 0 aliphatic carbocycles. The summed E-state index contributed by atoms with van der Waals surface area (Å²) in [6, 6.07) is 22.6. The Morgan fingerprint density at radius 3 is 2.54 bits per heavy atom. The first-order valence-corrected chi connectivity index (χ1v) is 11.3. The average Bonchev–Trinajstić information content (AvgIpc) is 3.31. The van der Waals surface area contributed by atoms with E-state index in [1.165, 1.54) is 17.0 Å². The summed E-state index contributed by atoms with van der Waals surface area (Å²) in [6.45, 7) is 2.10. The first-order chi connectivity index (χ1) is 17.0. The molecule has 1 atom stereocenters. The van der Waals surface area contributed by atoms with E-state index in [2.05, 4.69) is 10.6 Å². The van der Waals surface area contributed by atoms with Crippen molar-refractivity contribution >= 4 is 23.2 Å². The number of anilines is 2. The minimum absolute atomic E-state index is 0.0331. The molecule has 1 aromatic heterocycles. The summed E-state index contributed by atoms with van der Waals surface area (Å²) >= 11 is 0. The molecule has 35 heavy (non-hydrogen) atoms. The number of nitrogens with one attached hydrogen (secondary N) is 2. The molecule has 2 heterocycles. The second-order valence-corrected chi connectivity index (χ2v) is 8.38. The van der Waals surface area contributed by atoms with Gasteiger partial charge in [0.1, 0.15) is 12.4 Å². The normalized spacial score (nSPS) is 13.8. The molecule has 2 N–H and O–H groups in total. The third-order valence-electron chi connectivity index (χ3n) is 5.93. The lowest BCUT2D eigenvalue weighted by atomic mass is 10.1. The Bertz CT molecular complexity index is 1370. The van der Waals surface area contributed by atoms with E-state index in [9.17, 15) is 14.0 Å². The lowest BCUT2D eigenvalue weighted by Crippen LogP contribution is -2.49. The van der Waals surface area contributed by atoms with Crippen molar-refractivity contribution in [2.45, 2.75) is 19.5 Å². The summed E-state index contributed by atoms with van der Waals surface area (Å²) in [5, 5.41) is 10.8. The number of halogens is 1. The maximum atomic E-state index is 13.5. The van der Waals surface area contributed by atoms with Gasteiger partial charge in [-0.25, -0.2) is 9.07 Å². The maximum Gasteiger partial charge on any atom is 0.244 e. The van der Waals surface area contributed by atoms with Crippen LogP contribution in [0.25, 0.3) is 16.9 Å². The summed E-state index contributed by atoms with van der Waals surface area (Å²) in [7, 11) is 0. The highest BCUT2D eigenvalue weighted by Gasteiger charge is 2.29. The van der Waals surface area contributed by atoms with Crippen molar-refractivity contribution in [2.75, 3.05) is 16.8 Å². The number of hydrogen-bond acceptors (Lipinski definition) is 4. The Labute approximate surface area is 202 Å². The molecule has 7 nitrogen and oxygen atoms in total. The van der Waals surface area contributed by atoms with Crippen molar-refractivity contribution in [1.29, 1.82) is 0 Å². The predicted molar refractivity (Wildman–Crippen MR) is 133 cm³/mol. The van der Waals surface area contributed by atoms with Crippen LogP contribution in [0.2, 0.25) is 0 Å². The molecule has 8 heteroatoms. The maximum absolute atomic E-state index is 13.5. The van der Waals surface area contributed by atoms with Crippen LogP contribution in [0, 0.1) is 5.82 Å². The molecule has 5 rings (SSSR count). The van der Waals surface area contributed by atoms with E-state index in [1.807, 2.05) is 54.7 Å². The predicted octanol–water partition coefficient (Wildman–Crippen LogP) is 4.14. The quantitative estimate of drug-likeness (QED) is 0.445. The van der Waals surface area contributed by atoms with Crippen LogP contribution in [0.4, 0.5) is 15.8 Å². The third kappa shape index (κ3) is 4.69. The van der Waals surface area contributed by atoms with Gasteiger partial charge in [-0.15, -0.1) is 0 Å². The lowest BCUT2D eigenvalue weighted by Gasteiger charge is -2.31. The largest absolute Gasteiger partial charge is 0.323 e. The Hall–Kier alpha value is -4.30. The average molecular weight is 470 g/mol. The van der Waals surface area contributed by atoms with E-state index in [-0.39, 0.29) is 24.2 Å². The fourth-order valence-electron chi connectivity index (χ4n) is 4.12. The topological polar surface area (TPSA) is 79.3 Å². The molecule has 0 spiro atoms. The van der Waals surface area contributed by atoms with Gasteiger partial charge in [-0.2, -0.15) is 5.10 Å². The van der Waals surface area contributed by atoms with Crippen LogP contribution in [0.15, 0.2) is 85.1 Å².